The zero-order valence-corrected chi connectivity index (χ0v) is 34.7. The zero-order valence-electron chi connectivity index (χ0n) is 33.8. The van der Waals surface area contributed by atoms with E-state index in [0.717, 1.165) is 28.4 Å². The predicted molar refractivity (Wildman–Crippen MR) is 220 cm³/mol. The second-order valence-electron chi connectivity index (χ2n) is 13.6. The molecule has 1 aliphatic heterocycles. The summed E-state index contributed by atoms with van der Waals surface area (Å²) >= 11 is 0. The van der Waals surface area contributed by atoms with E-state index in [1.807, 2.05) is 74.1 Å². The Morgan fingerprint density at radius 3 is 2.14 bits per heavy atom. The van der Waals surface area contributed by atoms with Crippen molar-refractivity contribution in [3.8, 4) is 22.5 Å². The van der Waals surface area contributed by atoms with Crippen molar-refractivity contribution in [2.24, 2.45) is 0 Å². The van der Waals surface area contributed by atoms with Crippen LogP contribution in [0.1, 0.15) is 46.9 Å². The number of anilines is 1. The fourth-order valence-corrected chi connectivity index (χ4v) is 6.79. The van der Waals surface area contributed by atoms with E-state index < -0.39 is 19.7 Å². The van der Waals surface area contributed by atoms with E-state index in [0.29, 0.717) is 55.0 Å². The molecule has 58 heavy (non-hydrogen) atoms. The fraction of sp³-hybridized carbons (Fsp3) is 0.463. The van der Waals surface area contributed by atoms with Gasteiger partial charge in [0.2, 0.25) is 5.36 Å². The third-order valence-electron chi connectivity index (χ3n) is 8.94. The number of hydrogen-bond acceptors (Lipinski definition) is 11. The van der Waals surface area contributed by atoms with Gasteiger partial charge < -0.3 is 48.5 Å². The summed E-state index contributed by atoms with van der Waals surface area (Å²) in [6.45, 7) is 3.67. The molecule has 0 spiro atoms. The minimum atomic E-state index is -4.08. The second kappa shape index (κ2) is 22.9. The number of aromatic carboxylic acids is 1. The van der Waals surface area contributed by atoms with Crippen molar-refractivity contribution in [3.63, 3.8) is 0 Å². The van der Waals surface area contributed by atoms with Crippen LogP contribution in [0.25, 0.3) is 33.4 Å². The Labute approximate surface area is 338 Å². The number of amides is 2. The Kier molecular flexibility index (Phi) is 18.1. The zero-order chi connectivity index (χ0) is 42.1. The fourth-order valence-electron chi connectivity index (χ4n) is 5.93. The summed E-state index contributed by atoms with van der Waals surface area (Å²) in [6.07, 6.45) is 1.18. The molecule has 316 valence electrons. The van der Waals surface area contributed by atoms with Crippen molar-refractivity contribution in [3.05, 3.63) is 71.1 Å². The van der Waals surface area contributed by atoms with E-state index in [-0.39, 0.29) is 69.4 Å². The molecular formula is C41H55FN4O11P+. The predicted octanol–water partition coefficient (Wildman–Crippen LogP) is 5.88. The Hall–Kier alpha value is -4.86. The number of benzene rings is 3. The number of unbranched alkanes of at least 4 members (excludes halogenated alkanes) is 2. The lowest BCUT2D eigenvalue weighted by atomic mass is 9.89. The molecule has 2 aliphatic rings. The van der Waals surface area contributed by atoms with Crippen LogP contribution in [0.15, 0.2) is 59.0 Å². The molecule has 2 aromatic rings. The number of carboxylic acids is 1. The summed E-state index contributed by atoms with van der Waals surface area (Å²) in [4.78, 5) is 39.7. The number of alkyl carbamates (subject to hydrolysis) is 1. The number of nitrogens with one attached hydrogen (secondary N) is 2. The highest BCUT2D eigenvalue weighted by Crippen LogP contribution is 2.48. The van der Waals surface area contributed by atoms with Gasteiger partial charge in [-0.25, -0.2) is 14.2 Å². The van der Waals surface area contributed by atoms with Gasteiger partial charge in [-0.05, 0) is 62.1 Å². The van der Waals surface area contributed by atoms with Gasteiger partial charge in [-0.3, -0.25) is 9.36 Å². The molecular weight excluding hydrogens is 774 g/mol. The van der Waals surface area contributed by atoms with Crippen LogP contribution in [0, 0.1) is 0 Å². The Balaban J connectivity index is 1.18. The topological polar surface area (TPSA) is 178 Å². The van der Waals surface area contributed by atoms with Crippen LogP contribution in [0.3, 0.4) is 0 Å². The van der Waals surface area contributed by atoms with Crippen LogP contribution in [-0.2, 0) is 28.0 Å². The standard InChI is InChI=1S/C41H54FN4O11P/c1-6-56-58(42,51)25-24-54-21-20-52-18-19-53-22-23-55-41(50)44-17-9-7-8-16-43-39(47)29-10-13-32(35(26-29)40(48)49)38-33-14-11-30(45(2)3)27-36(33)57-37-28-31(46(4)5)12-15-34(37)38/h10-15,26-28H,6-9,16-25H2,1-5H3,(H2-,43,44,47,48,49,50)/p+1. The van der Waals surface area contributed by atoms with Crippen molar-refractivity contribution in [2.45, 2.75) is 26.2 Å². The minimum absolute atomic E-state index is 0.00245. The largest absolute Gasteiger partial charge is 0.478 e. The molecule has 0 bridgehead atoms. The number of hydrogen-bond donors (Lipinski definition) is 3. The van der Waals surface area contributed by atoms with E-state index in [1.54, 1.807) is 19.1 Å². The maximum Gasteiger partial charge on any atom is 0.407 e. The number of carbonyl (C=O) groups excluding carboxylic acids is 2. The highest BCUT2D eigenvalue weighted by Gasteiger charge is 2.24. The van der Waals surface area contributed by atoms with E-state index >= 15 is 0 Å². The van der Waals surface area contributed by atoms with Gasteiger partial charge in [0, 0.05) is 67.1 Å². The smallest absolute Gasteiger partial charge is 0.407 e. The lowest BCUT2D eigenvalue weighted by Gasteiger charge is -2.19. The van der Waals surface area contributed by atoms with Gasteiger partial charge in [0.05, 0.1) is 64.0 Å². The molecule has 17 heteroatoms. The number of halogens is 1. The lowest BCUT2D eigenvalue weighted by Crippen LogP contribution is -2.27. The minimum Gasteiger partial charge on any atom is -0.478 e. The maximum atomic E-state index is 13.4. The van der Waals surface area contributed by atoms with Crippen LogP contribution in [0.5, 0.6) is 0 Å². The van der Waals surface area contributed by atoms with Crippen molar-refractivity contribution < 1.29 is 56.1 Å². The van der Waals surface area contributed by atoms with Crippen molar-refractivity contribution in [1.29, 1.82) is 0 Å². The summed E-state index contributed by atoms with van der Waals surface area (Å²) in [7, 11) is 3.66. The molecule has 2 aromatic carbocycles. The molecule has 3 N–H and O–H groups in total. The van der Waals surface area contributed by atoms with E-state index in [9.17, 15) is 28.3 Å². The first kappa shape index (κ1) is 45.8. The maximum absolute atomic E-state index is 13.4. The average Bonchev–Trinajstić information content (AvgIpc) is 3.19. The van der Waals surface area contributed by atoms with Crippen LogP contribution < -0.4 is 25.5 Å². The SMILES string of the molecule is CCOP(=O)(F)CCOCCOCCOCCOC(=O)NCCCCCNC(=O)c1ccc(-c2c3ccc(=[N+](C)C)cc-3oc3cc(N(C)C)ccc23)c(C(=O)O)c1. The first-order valence-corrected chi connectivity index (χ1v) is 20.9. The summed E-state index contributed by atoms with van der Waals surface area (Å²) < 4.78 is 58.6. The number of ether oxygens (including phenoxy) is 4. The number of nitrogens with zero attached hydrogens (tertiary/aromatic N) is 2. The number of carbonyl (C=O) groups is 3. The molecule has 1 heterocycles. The molecule has 1 aliphatic carbocycles. The molecule has 0 aromatic heterocycles. The third kappa shape index (κ3) is 13.9. The van der Waals surface area contributed by atoms with Gasteiger partial charge in [-0.15, -0.1) is 0 Å². The van der Waals surface area contributed by atoms with Gasteiger partial charge in [0.1, 0.15) is 32.0 Å². The van der Waals surface area contributed by atoms with Gasteiger partial charge in [0.25, 0.3) is 5.91 Å². The molecule has 15 nitrogen and oxygen atoms in total. The summed E-state index contributed by atoms with van der Waals surface area (Å²) in [5.74, 6) is -0.938. The summed E-state index contributed by atoms with van der Waals surface area (Å²) in [5.41, 5.74) is 3.69. The molecule has 1 unspecified atom stereocenters. The highest BCUT2D eigenvalue weighted by molar-refractivity contribution is 7.53. The summed E-state index contributed by atoms with van der Waals surface area (Å²) in [5, 5.41) is 17.6. The Morgan fingerprint density at radius 2 is 1.48 bits per heavy atom. The van der Waals surface area contributed by atoms with E-state index in [1.165, 1.54) is 6.07 Å². The van der Waals surface area contributed by atoms with Crippen LogP contribution in [-0.4, -0.2) is 123 Å². The molecule has 0 saturated heterocycles. The van der Waals surface area contributed by atoms with Crippen molar-refractivity contribution in [1.82, 2.24) is 15.2 Å². The number of rotatable bonds is 24. The quantitative estimate of drug-likeness (QED) is 0.0332. The van der Waals surface area contributed by atoms with Crippen LogP contribution >= 0.6 is 7.68 Å². The Bertz CT molecular complexity index is 2090. The lowest BCUT2D eigenvalue weighted by molar-refractivity contribution is 0.00740. The number of fused-ring (bicyclic) bond motifs is 2. The monoisotopic (exact) mass is 829 g/mol. The number of carboxylic acid groups (broad SMARTS) is 1. The second-order valence-corrected chi connectivity index (χ2v) is 15.5. The van der Waals surface area contributed by atoms with Crippen molar-refractivity contribution >= 4 is 42.3 Å². The van der Waals surface area contributed by atoms with Gasteiger partial charge in [-0.2, -0.15) is 4.20 Å². The first-order chi connectivity index (χ1) is 27.8. The normalized spacial score (nSPS) is 12.3. The third-order valence-corrected chi connectivity index (χ3v) is 10.3. The highest BCUT2D eigenvalue weighted by atomic mass is 31.2. The van der Waals surface area contributed by atoms with Crippen LogP contribution in [0.4, 0.5) is 14.7 Å². The summed E-state index contributed by atoms with van der Waals surface area (Å²) in [6, 6.07) is 16.3. The van der Waals surface area contributed by atoms with E-state index in [4.69, 9.17) is 23.4 Å². The van der Waals surface area contributed by atoms with Gasteiger partial charge in [0.15, 0.2) is 0 Å². The molecule has 4 rings (SSSR count). The van der Waals surface area contributed by atoms with Crippen molar-refractivity contribution in [2.75, 3.05) is 105 Å². The molecule has 0 radical (unpaired) electrons. The molecule has 2 amide bonds. The van der Waals surface area contributed by atoms with Crippen LogP contribution in [0.2, 0.25) is 0 Å². The first-order valence-electron chi connectivity index (χ1n) is 19.2. The van der Waals surface area contributed by atoms with Gasteiger partial charge in [-0.1, -0.05) is 6.07 Å². The molecule has 0 fully saturated rings. The molecule has 1 atom stereocenters. The molecule has 0 saturated carbocycles. The van der Waals surface area contributed by atoms with E-state index in [2.05, 4.69) is 15.2 Å². The van der Waals surface area contributed by atoms with Gasteiger partial charge >= 0.3 is 19.7 Å². The Morgan fingerprint density at radius 1 is 0.828 bits per heavy atom. The average molecular weight is 830 g/mol.